The molecule has 0 spiro atoms. The van der Waals surface area contributed by atoms with Crippen molar-refractivity contribution >= 4 is 6.21 Å². The van der Waals surface area contributed by atoms with Crippen LogP contribution in [0.15, 0.2) is 0 Å². The molecule has 0 aliphatic carbocycles. The highest BCUT2D eigenvalue weighted by molar-refractivity contribution is 5.52. The summed E-state index contributed by atoms with van der Waals surface area (Å²) in [5.41, 5.74) is 0. The van der Waals surface area contributed by atoms with Gasteiger partial charge in [-0.2, -0.15) is 0 Å². The lowest BCUT2D eigenvalue weighted by molar-refractivity contribution is 0.524. The lowest BCUT2D eigenvalue weighted by Crippen LogP contribution is -1.84. The van der Waals surface area contributed by atoms with Crippen LogP contribution in [0, 0.1) is 5.41 Å². The lowest BCUT2D eigenvalue weighted by Gasteiger charge is -2.03. The number of unbranched alkanes of at least 4 members (excludes halogenated alkanes) is 19. The van der Waals surface area contributed by atoms with Crippen LogP contribution in [0.5, 0.6) is 0 Å². The summed E-state index contributed by atoms with van der Waals surface area (Å²) >= 11 is 0. The minimum absolute atomic E-state index is 0.985. The van der Waals surface area contributed by atoms with E-state index in [4.69, 9.17) is 5.41 Å². The molecule has 0 unspecified atom stereocenters. The maximum atomic E-state index is 6.98. The molecule has 0 saturated heterocycles. The molecule has 138 valence electrons. The van der Waals surface area contributed by atoms with Crippen LogP contribution < -0.4 is 0 Å². The van der Waals surface area contributed by atoms with Gasteiger partial charge in [0.15, 0.2) is 0 Å². The van der Waals surface area contributed by atoms with Gasteiger partial charge in [-0.25, -0.2) is 0 Å². The summed E-state index contributed by atoms with van der Waals surface area (Å²) in [6.07, 6.45) is 29.7. The molecule has 0 rings (SSSR count). The van der Waals surface area contributed by atoms with E-state index >= 15 is 0 Å². The summed E-state index contributed by atoms with van der Waals surface area (Å²) in [6.45, 7) is 2.29. The summed E-state index contributed by atoms with van der Waals surface area (Å²) in [5, 5.41) is 6.98. The Labute approximate surface area is 147 Å². The van der Waals surface area contributed by atoms with E-state index in [2.05, 4.69) is 6.92 Å². The fraction of sp³-hybridized carbons (Fsp3) is 0.955. The van der Waals surface area contributed by atoms with E-state index in [-0.39, 0.29) is 0 Å². The van der Waals surface area contributed by atoms with Crippen molar-refractivity contribution in [3.8, 4) is 0 Å². The highest BCUT2D eigenvalue weighted by Gasteiger charge is 1.95. The second kappa shape index (κ2) is 21.7. The van der Waals surface area contributed by atoms with Crippen LogP contribution in [-0.4, -0.2) is 6.21 Å². The summed E-state index contributed by atoms with van der Waals surface area (Å²) in [7, 11) is 0. The molecule has 0 heterocycles. The van der Waals surface area contributed by atoms with E-state index in [1.165, 1.54) is 122 Å². The Morgan fingerprint density at radius 3 is 0.957 bits per heavy atom. The third-order valence-corrected chi connectivity index (χ3v) is 4.95. The van der Waals surface area contributed by atoms with Gasteiger partial charge < -0.3 is 5.41 Å². The summed E-state index contributed by atoms with van der Waals surface area (Å²) in [5.74, 6) is 0. The predicted molar refractivity (Wildman–Crippen MR) is 107 cm³/mol. The standard InChI is InChI=1S/C22H45N/c1-2-3-4-5-6-7-8-9-10-11-12-13-14-15-16-17-18-19-20-21-22-23/h22-23H,2-21H2,1H3. The first-order valence-electron chi connectivity index (χ1n) is 10.9. The van der Waals surface area contributed by atoms with Gasteiger partial charge in [0.2, 0.25) is 0 Å². The van der Waals surface area contributed by atoms with Gasteiger partial charge >= 0.3 is 0 Å². The third kappa shape index (κ3) is 21.7. The molecule has 1 heteroatoms. The van der Waals surface area contributed by atoms with Crippen molar-refractivity contribution in [2.24, 2.45) is 0 Å². The van der Waals surface area contributed by atoms with Crippen molar-refractivity contribution in [3.05, 3.63) is 0 Å². The van der Waals surface area contributed by atoms with E-state index in [1.807, 2.05) is 0 Å². The SMILES string of the molecule is CCCCCCCCCCCCCCCCCCCCCC=N. The summed E-state index contributed by atoms with van der Waals surface area (Å²) in [4.78, 5) is 0. The maximum absolute atomic E-state index is 6.98. The zero-order chi connectivity index (χ0) is 16.8. The fourth-order valence-corrected chi connectivity index (χ4v) is 3.32. The minimum atomic E-state index is 0.985. The summed E-state index contributed by atoms with van der Waals surface area (Å²) < 4.78 is 0. The molecule has 0 radical (unpaired) electrons. The van der Waals surface area contributed by atoms with Crippen molar-refractivity contribution < 1.29 is 0 Å². The Balaban J connectivity index is 2.93. The Hall–Kier alpha value is -0.330. The smallest absolute Gasteiger partial charge is 0.00477 e. The molecule has 1 nitrogen and oxygen atoms in total. The van der Waals surface area contributed by atoms with Crippen molar-refractivity contribution in [1.82, 2.24) is 0 Å². The molecule has 0 aromatic rings. The van der Waals surface area contributed by atoms with Crippen LogP contribution >= 0.6 is 0 Å². The second-order valence-corrected chi connectivity index (χ2v) is 7.36. The van der Waals surface area contributed by atoms with E-state index in [1.54, 1.807) is 6.21 Å². The molecule has 0 fully saturated rings. The van der Waals surface area contributed by atoms with Crippen LogP contribution in [0.25, 0.3) is 0 Å². The quantitative estimate of drug-likeness (QED) is 0.172. The minimum Gasteiger partial charge on any atom is -0.313 e. The van der Waals surface area contributed by atoms with Crippen molar-refractivity contribution in [2.75, 3.05) is 0 Å². The van der Waals surface area contributed by atoms with Crippen LogP contribution in [0.4, 0.5) is 0 Å². The molecule has 1 N–H and O–H groups in total. The van der Waals surface area contributed by atoms with Gasteiger partial charge in [0.05, 0.1) is 0 Å². The lowest BCUT2D eigenvalue weighted by atomic mass is 10.0. The van der Waals surface area contributed by atoms with Crippen molar-refractivity contribution in [2.45, 2.75) is 135 Å². The van der Waals surface area contributed by atoms with Crippen LogP contribution in [0.1, 0.15) is 135 Å². The first kappa shape index (κ1) is 22.7. The van der Waals surface area contributed by atoms with Gasteiger partial charge in [0, 0.05) is 0 Å². The molecule has 0 bridgehead atoms. The number of nitrogens with one attached hydrogen (secondary N) is 1. The van der Waals surface area contributed by atoms with E-state index < -0.39 is 0 Å². The highest BCUT2D eigenvalue weighted by Crippen LogP contribution is 2.14. The highest BCUT2D eigenvalue weighted by atomic mass is 14.3. The monoisotopic (exact) mass is 323 g/mol. The van der Waals surface area contributed by atoms with Crippen LogP contribution in [0.2, 0.25) is 0 Å². The van der Waals surface area contributed by atoms with Crippen LogP contribution in [-0.2, 0) is 0 Å². The topological polar surface area (TPSA) is 23.9 Å². The molecule has 0 saturated carbocycles. The zero-order valence-electron chi connectivity index (χ0n) is 16.2. The van der Waals surface area contributed by atoms with Gasteiger partial charge in [-0.3, -0.25) is 0 Å². The first-order valence-corrected chi connectivity index (χ1v) is 10.9. The van der Waals surface area contributed by atoms with Gasteiger partial charge in [-0.05, 0) is 19.1 Å². The third-order valence-electron chi connectivity index (χ3n) is 4.95. The average Bonchev–Trinajstić information content (AvgIpc) is 2.57. The predicted octanol–water partition coefficient (Wildman–Crippen LogP) is 8.46. The molecule has 0 amide bonds. The molecule has 23 heavy (non-hydrogen) atoms. The maximum Gasteiger partial charge on any atom is -0.00477 e. The molecule has 0 aliphatic rings. The number of rotatable bonds is 20. The van der Waals surface area contributed by atoms with Crippen molar-refractivity contribution in [1.29, 1.82) is 5.41 Å². The average molecular weight is 324 g/mol. The molecule has 0 atom stereocenters. The number of hydrogen-bond acceptors (Lipinski definition) is 1. The Bertz CT molecular complexity index is 212. The van der Waals surface area contributed by atoms with Gasteiger partial charge in [-0.1, -0.05) is 122 Å². The zero-order valence-corrected chi connectivity index (χ0v) is 16.2. The molecular weight excluding hydrogens is 278 g/mol. The van der Waals surface area contributed by atoms with Gasteiger partial charge in [-0.15, -0.1) is 0 Å². The number of hydrogen-bond donors (Lipinski definition) is 1. The Kier molecular flexibility index (Phi) is 21.4. The van der Waals surface area contributed by atoms with Gasteiger partial charge in [0.25, 0.3) is 0 Å². The van der Waals surface area contributed by atoms with Crippen LogP contribution in [0.3, 0.4) is 0 Å². The molecule has 0 aliphatic heterocycles. The van der Waals surface area contributed by atoms with Crippen molar-refractivity contribution in [3.63, 3.8) is 0 Å². The Morgan fingerprint density at radius 1 is 0.435 bits per heavy atom. The van der Waals surface area contributed by atoms with E-state index in [0.29, 0.717) is 0 Å². The van der Waals surface area contributed by atoms with E-state index in [9.17, 15) is 0 Å². The van der Waals surface area contributed by atoms with E-state index in [0.717, 1.165) is 6.42 Å². The molecule has 0 aromatic heterocycles. The largest absolute Gasteiger partial charge is 0.313 e. The second-order valence-electron chi connectivity index (χ2n) is 7.36. The van der Waals surface area contributed by atoms with Gasteiger partial charge in [0.1, 0.15) is 0 Å². The fourth-order valence-electron chi connectivity index (χ4n) is 3.32. The first-order chi connectivity index (χ1) is 11.4. The molecule has 0 aromatic carbocycles. The summed E-state index contributed by atoms with van der Waals surface area (Å²) in [6, 6.07) is 0. The normalized spacial score (nSPS) is 11.0. The molecular formula is C22H45N. The Morgan fingerprint density at radius 2 is 0.696 bits per heavy atom.